The van der Waals surface area contributed by atoms with E-state index in [0.717, 1.165) is 44.9 Å². The Bertz CT molecular complexity index is 1570. The van der Waals surface area contributed by atoms with E-state index >= 15 is 0 Å². The third kappa shape index (κ3) is 6.54. The highest BCUT2D eigenvalue weighted by Gasteiger charge is 2.08. The first-order chi connectivity index (χ1) is 18.7. The number of fused-ring (bicyclic) bond motifs is 1. The summed E-state index contributed by atoms with van der Waals surface area (Å²) in [6, 6.07) is 26.6. The van der Waals surface area contributed by atoms with Crippen LogP contribution in [-0.4, -0.2) is 15.9 Å². The highest BCUT2D eigenvalue weighted by atomic mass is 16.1. The van der Waals surface area contributed by atoms with E-state index in [1.54, 1.807) is 30.7 Å². The maximum Gasteiger partial charge on any atom is 0.255 e. The van der Waals surface area contributed by atoms with E-state index in [-0.39, 0.29) is 5.91 Å². The van der Waals surface area contributed by atoms with E-state index in [2.05, 4.69) is 37.8 Å². The minimum atomic E-state index is -0.173. The highest BCUT2D eigenvalue weighted by Crippen LogP contribution is 2.26. The number of rotatable bonds is 6. The van der Waals surface area contributed by atoms with Crippen LogP contribution in [0.25, 0.3) is 10.9 Å². The van der Waals surface area contributed by atoms with Crippen LogP contribution in [0.2, 0.25) is 0 Å². The van der Waals surface area contributed by atoms with Gasteiger partial charge in [-0.1, -0.05) is 19.8 Å². The molecule has 0 bridgehead atoms. The van der Waals surface area contributed by atoms with Gasteiger partial charge in [0.05, 0.1) is 5.52 Å². The Hall–Kier alpha value is -5.15. The molecule has 0 saturated heterocycles. The van der Waals surface area contributed by atoms with Crippen molar-refractivity contribution >= 4 is 45.2 Å². The van der Waals surface area contributed by atoms with Gasteiger partial charge in [0.25, 0.3) is 5.91 Å². The summed E-state index contributed by atoms with van der Waals surface area (Å²) in [6.45, 7) is 5.82. The lowest BCUT2D eigenvalue weighted by Crippen LogP contribution is -2.11. The van der Waals surface area contributed by atoms with E-state index in [9.17, 15) is 4.79 Å². The van der Waals surface area contributed by atoms with Gasteiger partial charge in [0.1, 0.15) is 0 Å². The molecular formula is C32H29N5O. The van der Waals surface area contributed by atoms with E-state index in [1.807, 2.05) is 93.6 Å². The topological polar surface area (TPSA) is 78.9 Å². The summed E-state index contributed by atoms with van der Waals surface area (Å²) in [5.74, 6) is 5.85. The molecule has 2 heterocycles. The molecule has 3 aromatic carbocycles. The minimum Gasteiger partial charge on any atom is -0.355 e. The van der Waals surface area contributed by atoms with Crippen LogP contribution in [0, 0.1) is 11.8 Å². The average Bonchev–Trinajstić information content (AvgIpc) is 2.96. The molecule has 0 aliphatic heterocycles. The molecule has 1 amide bonds. The number of amides is 1. The summed E-state index contributed by atoms with van der Waals surface area (Å²) in [5.41, 5.74) is 6.79. The zero-order chi connectivity index (χ0) is 26.7. The Kier molecular flexibility index (Phi) is 8.67. The molecule has 0 saturated carbocycles. The number of carbonyl (C=O) groups excluding carboxylic acids is 1. The quantitative estimate of drug-likeness (QED) is 0.208. The number of benzene rings is 3. The summed E-state index contributed by atoms with van der Waals surface area (Å²) in [5, 5.41) is 10.6. The predicted molar refractivity (Wildman–Crippen MR) is 157 cm³/mol. The van der Waals surface area contributed by atoms with Crippen molar-refractivity contribution in [3.63, 3.8) is 0 Å². The lowest BCUT2D eigenvalue weighted by molar-refractivity contribution is 0.102. The number of nitrogens with one attached hydrogen (secondary N) is 3. The van der Waals surface area contributed by atoms with Crippen molar-refractivity contribution in [2.45, 2.75) is 20.8 Å². The minimum absolute atomic E-state index is 0.173. The fourth-order valence-electron chi connectivity index (χ4n) is 3.78. The molecule has 0 unspecified atom stereocenters. The van der Waals surface area contributed by atoms with Gasteiger partial charge in [-0.25, -0.2) is 0 Å². The van der Waals surface area contributed by atoms with Crippen LogP contribution < -0.4 is 16.0 Å². The number of aromatic nitrogens is 2. The number of hydrogen-bond acceptors (Lipinski definition) is 5. The van der Waals surface area contributed by atoms with Gasteiger partial charge in [-0.15, -0.1) is 5.92 Å². The van der Waals surface area contributed by atoms with E-state index in [0.29, 0.717) is 5.56 Å². The molecule has 0 aliphatic carbocycles. The van der Waals surface area contributed by atoms with Crippen molar-refractivity contribution in [1.82, 2.24) is 9.97 Å². The number of carbonyl (C=O) groups is 1. The number of pyridine rings is 2. The average molecular weight is 500 g/mol. The first kappa shape index (κ1) is 25.9. The molecule has 5 rings (SSSR count). The molecule has 2 aromatic heterocycles. The van der Waals surface area contributed by atoms with Crippen LogP contribution in [-0.2, 0) is 0 Å². The molecule has 0 spiro atoms. The molecule has 3 N–H and O–H groups in total. The molecule has 6 nitrogen and oxygen atoms in total. The lowest BCUT2D eigenvalue weighted by atomic mass is 10.1. The van der Waals surface area contributed by atoms with Crippen molar-refractivity contribution in [3.8, 4) is 11.8 Å². The maximum atomic E-state index is 12.8. The van der Waals surface area contributed by atoms with Crippen molar-refractivity contribution < 1.29 is 4.79 Å². The summed E-state index contributed by atoms with van der Waals surface area (Å²) in [6.07, 6.45) is 5.24. The zero-order valence-electron chi connectivity index (χ0n) is 21.6. The van der Waals surface area contributed by atoms with Crippen molar-refractivity contribution in [3.05, 3.63) is 115 Å². The second kappa shape index (κ2) is 12.7. The van der Waals surface area contributed by atoms with Crippen molar-refractivity contribution in [1.29, 1.82) is 0 Å². The second-order valence-electron chi connectivity index (χ2n) is 8.06. The Balaban J connectivity index is 0.00000164. The predicted octanol–water partition coefficient (Wildman–Crippen LogP) is 7.77. The van der Waals surface area contributed by atoms with Crippen LogP contribution in [0.15, 0.2) is 104 Å². The molecule has 0 fully saturated rings. The molecule has 188 valence electrons. The van der Waals surface area contributed by atoms with Crippen LogP contribution in [0.3, 0.4) is 0 Å². The van der Waals surface area contributed by atoms with E-state index in [1.165, 1.54) is 0 Å². The second-order valence-corrected chi connectivity index (χ2v) is 8.06. The molecule has 0 atom stereocenters. The van der Waals surface area contributed by atoms with Crippen LogP contribution in [0.4, 0.5) is 28.4 Å². The lowest BCUT2D eigenvalue weighted by Gasteiger charge is -2.11. The monoisotopic (exact) mass is 499 g/mol. The molecule has 5 aromatic rings. The van der Waals surface area contributed by atoms with Gasteiger partial charge in [0, 0.05) is 63.5 Å². The standard InChI is InChI=1S/C30H23N5O.C2H6/c1-2-3-21-4-13-28-27(20-21)29(16-19-32-28)34-24-7-5-22(6-8-24)30(36)35-25-11-9-23(10-12-25)33-26-14-17-31-18-15-26;1-2/h4-20H,1H3,(H,31,33)(H,32,34)(H,35,36);1-2H3. The number of nitrogens with zero attached hydrogens (tertiary/aromatic N) is 2. The molecule has 0 radical (unpaired) electrons. The Morgan fingerprint density at radius 1 is 0.711 bits per heavy atom. The van der Waals surface area contributed by atoms with Gasteiger partial charge in [0.15, 0.2) is 0 Å². The number of anilines is 5. The van der Waals surface area contributed by atoms with Crippen molar-refractivity contribution in [2.24, 2.45) is 0 Å². The van der Waals surface area contributed by atoms with Crippen LogP contribution in [0.5, 0.6) is 0 Å². The van der Waals surface area contributed by atoms with Gasteiger partial charge < -0.3 is 16.0 Å². The summed E-state index contributed by atoms with van der Waals surface area (Å²) >= 11 is 0. The Morgan fingerprint density at radius 3 is 2.05 bits per heavy atom. The van der Waals surface area contributed by atoms with E-state index < -0.39 is 0 Å². The molecule has 6 heteroatoms. The summed E-state index contributed by atoms with van der Waals surface area (Å²) < 4.78 is 0. The molecular weight excluding hydrogens is 470 g/mol. The summed E-state index contributed by atoms with van der Waals surface area (Å²) in [4.78, 5) is 21.2. The highest BCUT2D eigenvalue weighted by molar-refractivity contribution is 6.04. The normalized spacial score (nSPS) is 9.87. The smallest absolute Gasteiger partial charge is 0.255 e. The maximum absolute atomic E-state index is 12.8. The van der Waals surface area contributed by atoms with Crippen LogP contribution in [0.1, 0.15) is 36.7 Å². The van der Waals surface area contributed by atoms with Crippen molar-refractivity contribution in [2.75, 3.05) is 16.0 Å². The van der Waals surface area contributed by atoms with Gasteiger partial charge in [-0.3, -0.25) is 14.8 Å². The summed E-state index contributed by atoms with van der Waals surface area (Å²) in [7, 11) is 0. The van der Waals surface area contributed by atoms with Gasteiger partial charge >= 0.3 is 0 Å². The first-order valence-corrected chi connectivity index (χ1v) is 12.4. The fraction of sp³-hybridized carbons (Fsp3) is 0.0938. The van der Waals surface area contributed by atoms with E-state index in [4.69, 9.17) is 0 Å². The third-order valence-corrected chi connectivity index (χ3v) is 5.55. The zero-order valence-corrected chi connectivity index (χ0v) is 21.6. The Labute approximate surface area is 223 Å². The SMILES string of the molecule is CC.CC#Cc1ccc2nccc(Nc3ccc(C(=O)Nc4ccc(Nc5ccncc5)cc4)cc3)c2c1. The van der Waals surface area contributed by atoms with Crippen LogP contribution >= 0.6 is 0 Å². The van der Waals surface area contributed by atoms with Gasteiger partial charge in [-0.05, 0) is 91.9 Å². The third-order valence-electron chi connectivity index (χ3n) is 5.55. The molecule has 38 heavy (non-hydrogen) atoms. The fourth-order valence-corrected chi connectivity index (χ4v) is 3.78. The largest absolute Gasteiger partial charge is 0.355 e. The number of hydrogen-bond donors (Lipinski definition) is 3. The van der Waals surface area contributed by atoms with Gasteiger partial charge in [-0.2, -0.15) is 0 Å². The first-order valence-electron chi connectivity index (χ1n) is 12.4. The Morgan fingerprint density at radius 2 is 1.34 bits per heavy atom. The molecule has 0 aliphatic rings. The van der Waals surface area contributed by atoms with Gasteiger partial charge in [0.2, 0.25) is 0 Å².